The molecule has 198 valence electrons. The smallest absolute Gasteiger partial charge is 0.256 e. The van der Waals surface area contributed by atoms with Gasteiger partial charge in [0.05, 0.1) is 61.2 Å². The number of hydrogen-bond acceptors (Lipinski definition) is 8. The predicted molar refractivity (Wildman–Crippen MR) is 144 cm³/mol. The molecule has 1 unspecified atom stereocenters. The maximum atomic E-state index is 13.7. The van der Waals surface area contributed by atoms with Crippen LogP contribution in [0.2, 0.25) is 0 Å². The Morgan fingerprint density at radius 3 is 2.50 bits per heavy atom. The summed E-state index contributed by atoms with van der Waals surface area (Å²) in [6, 6.07) is 13.8. The summed E-state index contributed by atoms with van der Waals surface area (Å²) in [5, 5.41) is 8.16. The molecule has 1 fully saturated rings. The molecular formula is C27H28N4O6S. The highest BCUT2D eigenvalue weighted by atomic mass is 32.2. The fraction of sp³-hybridized carbons (Fsp3) is 0.296. The van der Waals surface area contributed by atoms with E-state index in [1.54, 1.807) is 50.1 Å². The van der Waals surface area contributed by atoms with Crippen LogP contribution in [0.25, 0.3) is 22.3 Å². The highest BCUT2D eigenvalue weighted by molar-refractivity contribution is 7.91. The first-order valence-corrected chi connectivity index (χ1v) is 13.8. The zero-order valence-corrected chi connectivity index (χ0v) is 22.3. The lowest BCUT2D eigenvalue weighted by atomic mass is 10.0. The van der Waals surface area contributed by atoms with Gasteiger partial charge in [-0.1, -0.05) is 12.1 Å². The monoisotopic (exact) mass is 536 g/mol. The van der Waals surface area contributed by atoms with Crippen LogP contribution in [-0.4, -0.2) is 61.9 Å². The van der Waals surface area contributed by atoms with Crippen LogP contribution in [-0.2, 0) is 9.84 Å². The molecule has 11 heteroatoms. The molecule has 0 saturated carbocycles. The second kappa shape index (κ2) is 9.97. The number of aromatic nitrogens is 3. The Labute approximate surface area is 220 Å². The van der Waals surface area contributed by atoms with Crippen molar-refractivity contribution in [3.63, 3.8) is 0 Å². The summed E-state index contributed by atoms with van der Waals surface area (Å²) < 4.78 is 42.2. The van der Waals surface area contributed by atoms with E-state index in [0.29, 0.717) is 57.3 Å². The number of aryl methyl sites for hydroxylation is 1. The third-order valence-electron chi connectivity index (χ3n) is 6.64. The second-order valence-corrected chi connectivity index (χ2v) is 11.3. The maximum Gasteiger partial charge on any atom is 0.256 e. The van der Waals surface area contributed by atoms with Gasteiger partial charge >= 0.3 is 0 Å². The van der Waals surface area contributed by atoms with Crippen molar-refractivity contribution in [2.45, 2.75) is 19.4 Å². The Morgan fingerprint density at radius 2 is 1.82 bits per heavy atom. The second-order valence-electron chi connectivity index (χ2n) is 9.10. The molecule has 1 aliphatic heterocycles. The molecule has 1 saturated heterocycles. The average Bonchev–Trinajstić information content (AvgIpc) is 3.46. The number of fused-ring (bicyclic) bond motifs is 1. The number of benzene rings is 2. The summed E-state index contributed by atoms with van der Waals surface area (Å²) in [7, 11) is 1.49. The largest absolute Gasteiger partial charge is 0.497 e. The van der Waals surface area contributed by atoms with Crippen LogP contribution in [0, 0.1) is 6.92 Å². The summed E-state index contributed by atoms with van der Waals surface area (Å²) in [5.74, 6) is 1.39. The van der Waals surface area contributed by atoms with Gasteiger partial charge in [0.25, 0.3) is 5.91 Å². The van der Waals surface area contributed by atoms with Gasteiger partial charge in [-0.2, -0.15) is 5.10 Å². The lowest BCUT2D eigenvalue weighted by molar-refractivity contribution is 0.102. The van der Waals surface area contributed by atoms with E-state index in [1.807, 2.05) is 24.3 Å². The number of pyridine rings is 1. The van der Waals surface area contributed by atoms with E-state index < -0.39 is 9.84 Å². The van der Waals surface area contributed by atoms with E-state index >= 15 is 0 Å². The van der Waals surface area contributed by atoms with Crippen molar-refractivity contribution in [1.82, 2.24) is 14.8 Å². The van der Waals surface area contributed by atoms with Gasteiger partial charge in [-0.05, 0) is 43.7 Å². The van der Waals surface area contributed by atoms with E-state index in [1.165, 1.54) is 7.11 Å². The minimum absolute atomic E-state index is 0.0124. The normalized spacial score (nSPS) is 16.4. The highest BCUT2D eigenvalue weighted by Crippen LogP contribution is 2.34. The molecule has 10 nitrogen and oxygen atoms in total. The minimum Gasteiger partial charge on any atom is -0.497 e. The number of sulfone groups is 1. The molecule has 1 amide bonds. The number of anilines is 1. The number of carbonyl (C=O) groups excluding carboxylic acids is 1. The van der Waals surface area contributed by atoms with Gasteiger partial charge in [-0.25, -0.2) is 18.1 Å². The summed E-state index contributed by atoms with van der Waals surface area (Å²) in [5.41, 5.74) is 3.22. The van der Waals surface area contributed by atoms with Crippen molar-refractivity contribution in [3.8, 4) is 28.5 Å². The van der Waals surface area contributed by atoms with E-state index in [9.17, 15) is 13.2 Å². The van der Waals surface area contributed by atoms with Crippen molar-refractivity contribution in [3.05, 3.63) is 59.8 Å². The molecule has 1 atom stereocenters. The standard InChI is InChI=1S/C27H28N4O6S/c1-16-25-21(27(32)28-18-8-9-23(36-3)24(13-18)37-4)14-22(17-6-5-7-20(12-17)35-2)29-26(25)31(30-16)19-10-11-38(33,34)15-19/h5-9,12-14,19H,10-11,15H2,1-4H3,(H,28,32). The van der Waals surface area contributed by atoms with E-state index in [-0.39, 0.29) is 23.5 Å². The Morgan fingerprint density at radius 1 is 1.03 bits per heavy atom. The van der Waals surface area contributed by atoms with Crippen LogP contribution in [0.1, 0.15) is 28.5 Å². The van der Waals surface area contributed by atoms with Crippen LogP contribution < -0.4 is 19.5 Å². The molecule has 1 N–H and O–H groups in total. The van der Waals surface area contributed by atoms with Gasteiger partial charge in [-0.15, -0.1) is 0 Å². The number of nitrogens with one attached hydrogen (secondary N) is 1. The number of methoxy groups -OCH3 is 3. The Bertz CT molecular complexity index is 1650. The third-order valence-corrected chi connectivity index (χ3v) is 8.39. The van der Waals surface area contributed by atoms with Gasteiger partial charge in [-0.3, -0.25) is 4.79 Å². The van der Waals surface area contributed by atoms with Crippen molar-refractivity contribution in [1.29, 1.82) is 0 Å². The molecule has 2 aromatic heterocycles. The first-order chi connectivity index (χ1) is 18.2. The Balaban J connectivity index is 1.65. The number of nitrogens with zero attached hydrogens (tertiary/aromatic N) is 3. The van der Waals surface area contributed by atoms with Gasteiger partial charge in [0, 0.05) is 17.3 Å². The number of hydrogen-bond donors (Lipinski definition) is 1. The van der Waals surface area contributed by atoms with Crippen molar-refractivity contribution in [2.75, 3.05) is 38.2 Å². The summed E-state index contributed by atoms with van der Waals surface area (Å²) in [6.45, 7) is 1.79. The number of rotatable bonds is 7. The SMILES string of the molecule is COc1cccc(-c2cc(C(=O)Nc3ccc(OC)c(OC)c3)c3c(C)nn(C4CCS(=O)(=O)C4)c3n2)c1. The molecular weight excluding hydrogens is 508 g/mol. The summed E-state index contributed by atoms with van der Waals surface area (Å²) >= 11 is 0. The van der Waals surface area contributed by atoms with Gasteiger partial charge in [0.15, 0.2) is 27.0 Å². The average molecular weight is 537 g/mol. The Hall–Kier alpha value is -4.12. The van der Waals surface area contributed by atoms with Gasteiger partial charge < -0.3 is 19.5 Å². The summed E-state index contributed by atoms with van der Waals surface area (Å²) in [6.07, 6.45) is 0.441. The topological polar surface area (TPSA) is 122 Å². The predicted octanol–water partition coefficient (Wildman–Crippen LogP) is 4.04. The first kappa shape index (κ1) is 25.5. The molecule has 0 bridgehead atoms. The molecule has 0 radical (unpaired) electrons. The molecule has 5 rings (SSSR count). The van der Waals surface area contributed by atoms with Crippen molar-refractivity contribution in [2.24, 2.45) is 0 Å². The molecule has 4 aromatic rings. The van der Waals surface area contributed by atoms with Gasteiger partial charge in [0.1, 0.15) is 5.75 Å². The summed E-state index contributed by atoms with van der Waals surface area (Å²) in [4.78, 5) is 18.6. The van der Waals surface area contributed by atoms with Crippen LogP contribution in [0.5, 0.6) is 17.2 Å². The highest BCUT2D eigenvalue weighted by Gasteiger charge is 2.32. The lowest BCUT2D eigenvalue weighted by Gasteiger charge is -2.13. The number of amides is 1. The lowest BCUT2D eigenvalue weighted by Crippen LogP contribution is -2.15. The molecule has 1 aliphatic rings. The quantitative estimate of drug-likeness (QED) is 0.376. The van der Waals surface area contributed by atoms with E-state index in [0.717, 1.165) is 5.56 Å². The van der Waals surface area contributed by atoms with Crippen molar-refractivity contribution >= 4 is 32.5 Å². The fourth-order valence-corrected chi connectivity index (χ4v) is 6.45. The van der Waals surface area contributed by atoms with Gasteiger partial charge in [0.2, 0.25) is 0 Å². The minimum atomic E-state index is -3.16. The molecule has 3 heterocycles. The first-order valence-electron chi connectivity index (χ1n) is 12.0. The number of ether oxygens (including phenoxy) is 3. The van der Waals surface area contributed by atoms with Crippen LogP contribution >= 0.6 is 0 Å². The van der Waals surface area contributed by atoms with E-state index in [4.69, 9.17) is 19.2 Å². The Kier molecular flexibility index (Phi) is 6.70. The van der Waals surface area contributed by atoms with Crippen LogP contribution in [0.15, 0.2) is 48.5 Å². The number of carbonyl (C=O) groups is 1. The van der Waals surface area contributed by atoms with Crippen LogP contribution in [0.4, 0.5) is 5.69 Å². The van der Waals surface area contributed by atoms with Crippen molar-refractivity contribution < 1.29 is 27.4 Å². The van der Waals surface area contributed by atoms with E-state index in [2.05, 4.69) is 10.4 Å². The maximum absolute atomic E-state index is 13.7. The molecule has 0 spiro atoms. The molecule has 38 heavy (non-hydrogen) atoms. The van der Waals surface area contributed by atoms with Crippen LogP contribution in [0.3, 0.4) is 0 Å². The fourth-order valence-electron chi connectivity index (χ4n) is 4.76. The zero-order chi connectivity index (χ0) is 27.0. The molecule has 2 aromatic carbocycles. The third kappa shape index (κ3) is 4.76. The zero-order valence-electron chi connectivity index (χ0n) is 21.5. The molecule has 0 aliphatic carbocycles.